The number of guanidine groups is 1. The van der Waals surface area contributed by atoms with Crippen LogP contribution in [0.3, 0.4) is 0 Å². The second-order valence-electron chi connectivity index (χ2n) is 6.16. The van der Waals surface area contributed by atoms with Crippen molar-refractivity contribution in [3.8, 4) is 0 Å². The third-order valence-electron chi connectivity index (χ3n) is 4.07. The minimum Gasteiger partial charge on any atom is -0.357 e. The van der Waals surface area contributed by atoms with Crippen molar-refractivity contribution in [3.05, 3.63) is 34.9 Å². The summed E-state index contributed by atoms with van der Waals surface area (Å²) in [5.41, 5.74) is 0.500. The van der Waals surface area contributed by atoms with Gasteiger partial charge in [0.05, 0.1) is 17.1 Å². The maximum Gasteiger partial charge on any atom is 0.252 e. The van der Waals surface area contributed by atoms with E-state index < -0.39 is 0 Å². The summed E-state index contributed by atoms with van der Waals surface area (Å²) in [6.07, 6.45) is 2.48. The Morgan fingerprint density at radius 2 is 2.17 bits per heavy atom. The Kier molecular flexibility index (Phi) is 7.37. The van der Waals surface area contributed by atoms with E-state index in [2.05, 4.69) is 34.4 Å². The molecule has 2 N–H and O–H groups in total. The number of hydrogen-bond acceptors (Lipinski definition) is 2. The maximum atomic E-state index is 12.1. The molecule has 1 aromatic carbocycles. The van der Waals surface area contributed by atoms with Crippen molar-refractivity contribution in [2.24, 2.45) is 10.9 Å². The van der Waals surface area contributed by atoms with E-state index in [0.29, 0.717) is 29.6 Å². The lowest BCUT2D eigenvalue weighted by molar-refractivity contribution is 0.0955. The first-order valence-corrected chi connectivity index (χ1v) is 9.05. The molecule has 0 aromatic heterocycles. The van der Waals surface area contributed by atoms with Crippen LogP contribution in [0.1, 0.15) is 37.0 Å². The van der Waals surface area contributed by atoms with Gasteiger partial charge in [0.15, 0.2) is 5.96 Å². The molecule has 1 saturated heterocycles. The lowest BCUT2D eigenvalue weighted by Crippen LogP contribution is -2.46. The van der Waals surface area contributed by atoms with Gasteiger partial charge in [-0.05, 0) is 37.8 Å². The average Bonchev–Trinajstić information content (AvgIpc) is 2.58. The largest absolute Gasteiger partial charge is 0.357 e. The van der Waals surface area contributed by atoms with E-state index in [4.69, 9.17) is 11.6 Å². The molecule has 0 spiro atoms. The lowest BCUT2D eigenvalue weighted by atomic mass is 10.0. The minimum absolute atomic E-state index is 0.160. The summed E-state index contributed by atoms with van der Waals surface area (Å²) >= 11 is 6.03. The lowest BCUT2D eigenvalue weighted by Gasteiger charge is -2.33. The first-order chi connectivity index (χ1) is 11.6. The molecule has 132 valence electrons. The number of piperidine rings is 1. The molecular weight excluding hydrogens is 324 g/mol. The van der Waals surface area contributed by atoms with Crippen molar-refractivity contribution in [1.29, 1.82) is 0 Å². The molecule has 1 fully saturated rings. The Balaban J connectivity index is 1.86. The normalized spacial score (nSPS) is 18.4. The van der Waals surface area contributed by atoms with Gasteiger partial charge in [0.25, 0.3) is 5.91 Å². The molecule has 5 nitrogen and oxygen atoms in total. The molecule has 0 aliphatic carbocycles. The Hall–Kier alpha value is -1.75. The van der Waals surface area contributed by atoms with Gasteiger partial charge in [-0.1, -0.05) is 30.7 Å². The van der Waals surface area contributed by atoms with Crippen molar-refractivity contribution in [1.82, 2.24) is 15.5 Å². The Bertz CT molecular complexity index is 576. The van der Waals surface area contributed by atoms with E-state index in [1.165, 1.54) is 12.8 Å². The zero-order valence-corrected chi connectivity index (χ0v) is 15.3. The number of benzene rings is 1. The van der Waals surface area contributed by atoms with Crippen LogP contribution >= 0.6 is 11.6 Å². The van der Waals surface area contributed by atoms with Crippen LogP contribution in [0.4, 0.5) is 0 Å². The van der Waals surface area contributed by atoms with Gasteiger partial charge >= 0.3 is 0 Å². The second kappa shape index (κ2) is 9.52. The number of aliphatic imine (C=N–C) groups is 1. The van der Waals surface area contributed by atoms with Crippen LogP contribution in [0.2, 0.25) is 5.02 Å². The first kappa shape index (κ1) is 18.6. The van der Waals surface area contributed by atoms with Crippen molar-refractivity contribution in [2.45, 2.75) is 26.7 Å². The van der Waals surface area contributed by atoms with E-state index >= 15 is 0 Å². The zero-order chi connectivity index (χ0) is 17.4. The quantitative estimate of drug-likeness (QED) is 0.487. The summed E-state index contributed by atoms with van der Waals surface area (Å²) in [7, 11) is 0. The fourth-order valence-electron chi connectivity index (χ4n) is 2.88. The van der Waals surface area contributed by atoms with Gasteiger partial charge in [0, 0.05) is 26.2 Å². The standard InChI is InChI=1S/C18H27ClN4O/c1-3-20-18(23-12-6-7-14(2)13-23)22-11-10-21-17(24)15-8-4-5-9-16(15)19/h4-5,8-9,14H,3,6-7,10-13H2,1-2H3,(H,20,22)(H,21,24). The fourth-order valence-corrected chi connectivity index (χ4v) is 3.10. The first-order valence-electron chi connectivity index (χ1n) is 8.67. The van der Waals surface area contributed by atoms with Gasteiger partial charge < -0.3 is 15.5 Å². The number of rotatable bonds is 5. The van der Waals surface area contributed by atoms with Crippen LogP contribution in [0.15, 0.2) is 29.3 Å². The Morgan fingerprint density at radius 3 is 2.88 bits per heavy atom. The number of halogens is 1. The molecule has 24 heavy (non-hydrogen) atoms. The molecule has 1 aromatic rings. The molecule has 1 unspecified atom stereocenters. The van der Waals surface area contributed by atoms with Gasteiger partial charge in [-0.15, -0.1) is 0 Å². The fraction of sp³-hybridized carbons (Fsp3) is 0.556. The number of nitrogens with zero attached hydrogens (tertiary/aromatic N) is 2. The molecule has 1 heterocycles. The smallest absolute Gasteiger partial charge is 0.252 e. The van der Waals surface area contributed by atoms with Crippen LogP contribution in [0.25, 0.3) is 0 Å². The number of hydrogen-bond donors (Lipinski definition) is 2. The zero-order valence-electron chi connectivity index (χ0n) is 14.5. The van der Waals surface area contributed by atoms with Crippen LogP contribution in [-0.4, -0.2) is 49.5 Å². The number of nitrogens with one attached hydrogen (secondary N) is 2. The van der Waals surface area contributed by atoms with Gasteiger partial charge in [-0.3, -0.25) is 9.79 Å². The summed E-state index contributed by atoms with van der Waals surface area (Å²) in [4.78, 5) is 19.1. The van der Waals surface area contributed by atoms with Crippen molar-refractivity contribution >= 4 is 23.5 Å². The molecule has 1 amide bonds. The number of amides is 1. The average molecular weight is 351 g/mol. The van der Waals surface area contributed by atoms with Gasteiger partial charge in [0.2, 0.25) is 0 Å². The molecular formula is C18H27ClN4O. The van der Waals surface area contributed by atoms with Crippen molar-refractivity contribution in [3.63, 3.8) is 0 Å². The molecule has 6 heteroatoms. The van der Waals surface area contributed by atoms with Crippen molar-refractivity contribution < 1.29 is 4.79 Å². The number of likely N-dealkylation sites (tertiary alicyclic amines) is 1. The highest BCUT2D eigenvalue weighted by Gasteiger charge is 2.19. The summed E-state index contributed by atoms with van der Waals surface area (Å²) in [6, 6.07) is 7.06. The molecule has 0 saturated carbocycles. The Labute approximate surface area is 149 Å². The summed E-state index contributed by atoms with van der Waals surface area (Å²) in [5, 5.41) is 6.68. The molecule has 1 aliphatic heterocycles. The topological polar surface area (TPSA) is 56.7 Å². The molecule has 0 bridgehead atoms. The van der Waals surface area contributed by atoms with Crippen LogP contribution in [0.5, 0.6) is 0 Å². The predicted molar refractivity (Wildman–Crippen MR) is 99.7 cm³/mol. The molecule has 2 rings (SSSR count). The number of carbonyl (C=O) groups is 1. The van der Waals surface area contributed by atoms with Crippen LogP contribution < -0.4 is 10.6 Å². The summed E-state index contributed by atoms with van der Waals surface area (Å²) in [5.74, 6) is 1.48. The summed E-state index contributed by atoms with van der Waals surface area (Å²) in [6.45, 7) is 8.31. The van der Waals surface area contributed by atoms with E-state index in [1.54, 1.807) is 18.2 Å². The molecule has 1 atom stereocenters. The minimum atomic E-state index is -0.160. The molecule has 1 aliphatic rings. The third-order valence-corrected chi connectivity index (χ3v) is 4.40. The highest BCUT2D eigenvalue weighted by atomic mass is 35.5. The predicted octanol–water partition coefficient (Wildman–Crippen LogP) is 2.77. The highest BCUT2D eigenvalue weighted by molar-refractivity contribution is 6.33. The molecule has 0 radical (unpaired) electrons. The van der Waals surface area contributed by atoms with Crippen molar-refractivity contribution in [2.75, 3.05) is 32.7 Å². The third kappa shape index (κ3) is 5.41. The van der Waals surface area contributed by atoms with E-state index in [9.17, 15) is 4.79 Å². The maximum absolute atomic E-state index is 12.1. The monoisotopic (exact) mass is 350 g/mol. The Morgan fingerprint density at radius 1 is 1.38 bits per heavy atom. The summed E-state index contributed by atoms with van der Waals surface area (Å²) < 4.78 is 0. The highest BCUT2D eigenvalue weighted by Crippen LogP contribution is 2.15. The van der Waals surface area contributed by atoms with Gasteiger partial charge in [0.1, 0.15) is 0 Å². The second-order valence-corrected chi connectivity index (χ2v) is 6.57. The SMILES string of the molecule is CCNC(=NCCNC(=O)c1ccccc1Cl)N1CCCC(C)C1. The van der Waals surface area contributed by atoms with Crippen LogP contribution in [0, 0.1) is 5.92 Å². The van der Waals surface area contributed by atoms with Gasteiger partial charge in [-0.2, -0.15) is 0 Å². The van der Waals surface area contributed by atoms with E-state index in [-0.39, 0.29) is 5.91 Å². The van der Waals surface area contributed by atoms with E-state index in [0.717, 1.165) is 25.6 Å². The van der Waals surface area contributed by atoms with Gasteiger partial charge in [-0.25, -0.2) is 0 Å². The van der Waals surface area contributed by atoms with E-state index in [1.807, 2.05) is 6.07 Å². The van der Waals surface area contributed by atoms with Crippen LogP contribution in [-0.2, 0) is 0 Å². The number of carbonyl (C=O) groups excluding carboxylic acids is 1.